The summed E-state index contributed by atoms with van der Waals surface area (Å²) in [5.74, 6) is 1.09. The maximum Gasteiger partial charge on any atom is 0.227 e. The van der Waals surface area contributed by atoms with Crippen molar-refractivity contribution in [3.8, 4) is 5.75 Å². The number of carbonyl (C=O) groups excluding carboxylic acids is 1. The molecule has 3 aromatic rings. The fraction of sp³-hybridized carbons (Fsp3) is 0.345. The number of fused-ring (bicyclic) bond motifs is 1. The van der Waals surface area contributed by atoms with Crippen LogP contribution >= 0.6 is 23.5 Å². The van der Waals surface area contributed by atoms with Crippen LogP contribution < -0.4 is 14.4 Å². The van der Waals surface area contributed by atoms with Gasteiger partial charge in [-0.1, -0.05) is 23.7 Å². The van der Waals surface area contributed by atoms with Gasteiger partial charge in [-0.3, -0.25) is 4.79 Å². The van der Waals surface area contributed by atoms with E-state index in [1.165, 1.54) is 28.8 Å². The minimum absolute atomic E-state index is 0.161. The SMILES string of the molecule is COc1ccc(N2CCN(C)CC2)c2c1CCN(C(=O)Cc1ccc(NSc3ccc(Cl)cc3)cc1)C2. The molecule has 0 saturated carbocycles. The predicted molar refractivity (Wildman–Crippen MR) is 153 cm³/mol. The highest BCUT2D eigenvalue weighted by Gasteiger charge is 2.28. The third-order valence-corrected chi connectivity index (χ3v) is 8.27. The van der Waals surface area contributed by atoms with Crippen molar-refractivity contribution in [2.24, 2.45) is 0 Å². The van der Waals surface area contributed by atoms with Crippen molar-refractivity contribution in [1.29, 1.82) is 0 Å². The zero-order chi connectivity index (χ0) is 25.8. The van der Waals surface area contributed by atoms with Crippen LogP contribution in [-0.2, 0) is 24.2 Å². The molecule has 0 unspecified atom stereocenters. The number of halogens is 1. The van der Waals surface area contributed by atoms with Gasteiger partial charge in [-0.2, -0.15) is 0 Å². The Balaban J connectivity index is 1.23. The van der Waals surface area contributed by atoms with Crippen LogP contribution in [0.25, 0.3) is 0 Å². The molecular formula is C29H33ClN4O2S. The van der Waals surface area contributed by atoms with Gasteiger partial charge in [0.25, 0.3) is 0 Å². The lowest BCUT2D eigenvalue weighted by Gasteiger charge is -2.38. The second kappa shape index (κ2) is 11.7. The number of nitrogens with zero attached hydrogens (tertiary/aromatic N) is 3. The van der Waals surface area contributed by atoms with Gasteiger partial charge in [-0.15, -0.1) is 0 Å². The monoisotopic (exact) mass is 536 g/mol. The van der Waals surface area contributed by atoms with Crippen LogP contribution in [0.15, 0.2) is 65.6 Å². The Labute approximate surface area is 228 Å². The number of carbonyl (C=O) groups is 1. The minimum atomic E-state index is 0.161. The largest absolute Gasteiger partial charge is 0.496 e. The molecule has 0 atom stereocenters. The highest BCUT2D eigenvalue weighted by molar-refractivity contribution is 8.00. The van der Waals surface area contributed by atoms with Gasteiger partial charge in [0.15, 0.2) is 0 Å². The van der Waals surface area contributed by atoms with E-state index in [1.54, 1.807) is 7.11 Å². The van der Waals surface area contributed by atoms with Crippen molar-refractivity contribution in [2.45, 2.75) is 24.3 Å². The quantitative estimate of drug-likeness (QED) is 0.411. The molecule has 6 nitrogen and oxygen atoms in total. The summed E-state index contributed by atoms with van der Waals surface area (Å²) >= 11 is 7.49. The van der Waals surface area contributed by atoms with Crippen LogP contribution in [0, 0.1) is 0 Å². The zero-order valence-corrected chi connectivity index (χ0v) is 22.9. The molecule has 1 saturated heterocycles. The van der Waals surface area contributed by atoms with Gasteiger partial charge in [0.05, 0.1) is 13.5 Å². The van der Waals surface area contributed by atoms with Crippen LogP contribution in [0.1, 0.15) is 16.7 Å². The van der Waals surface area contributed by atoms with Crippen molar-refractivity contribution in [1.82, 2.24) is 9.80 Å². The molecule has 0 spiro atoms. The van der Waals surface area contributed by atoms with Gasteiger partial charge in [-0.25, -0.2) is 0 Å². The summed E-state index contributed by atoms with van der Waals surface area (Å²) in [6.45, 7) is 5.44. The number of ether oxygens (including phenoxy) is 1. The third kappa shape index (κ3) is 6.17. The molecule has 1 N–H and O–H groups in total. The Hall–Kier alpha value is -2.87. The summed E-state index contributed by atoms with van der Waals surface area (Å²) in [7, 11) is 3.90. The summed E-state index contributed by atoms with van der Waals surface area (Å²) in [5.41, 5.74) is 5.74. The Morgan fingerprint density at radius 3 is 2.38 bits per heavy atom. The number of benzene rings is 3. The lowest BCUT2D eigenvalue weighted by atomic mass is 9.95. The van der Waals surface area contributed by atoms with Crippen molar-refractivity contribution < 1.29 is 9.53 Å². The van der Waals surface area contributed by atoms with E-state index < -0.39 is 0 Å². The summed E-state index contributed by atoms with van der Waals surface area (Å²) < 4.78 is 9.03. The molecule has 2 aliphatic heterocycles. The average molecular weight is 537 g/mol. The first kappa shape index (κ1) is 25.8. The first-order valence-electron chi connectivity index (χ1n) is 12.7. The van der Waals surface area contributed by atoms with Gasteiger partial charge < -0.3 is 24.2 Å². The zero-order valence-electron chi connectivity index (χ0n) is 21.4. The molecule has 0 bridgehead atoms. The fourth-order valence-corrected chi connectivity index (χ4v) is 5.74. The topological polar surface area (TPSA) is 48.1 Å². The van der Waals surface area contributed by atoms with E-state index in [0.29, 0.717) is 19.5 Å². The average Bonchev–Trinajstić information content (AvgIpc) is 2.93. The normalized spacial score (nSPS) is 15.9. The number of anilines is 2. The Bertz CT molecular complexity index is 1230. The van der Waals surface area contributed by atoms with Crippen LogP contribution in [0.5, 0.6) is 5.75 Å². The fourth-order valence-electron chi connectivity index (χ4n) is 4.97. The van der Waals surface area contributed by atoms with Gasteiger partial charge >= 0.3 is 0 Å². The van der Waals surface area contributed by atoms with Crippen molar-refractivity contribution in [2.75, 3.05) is 56.5 Å². The van der Waals surface area contributed by atoms with Crippen LogP contribution in [0.2, 0.25) is 5.02 Å². The molecular weight excluding hydrogens is 504 g/mol. The van der Waals surface area contributed by atoms with Crippen LogP contribution in [0.3, 0.4) is 0 Å². The number of hydrogen-bond acceptors (Lipinski definition) is 6. The van der Waals surface area contributed by atoms with Crippen molar-refractivity contribution in [3.05, 3.63) is 82.4 Å². The number of rotatable bonds is 7. The van der Waals surface area contributed by atoms with E-state index in [0.717, 1.165) is 59.5 Å². The second-order valence-electron chi connectivity index (χ2n) is 9.63. The number of amides is 1. The molecule has 1 fully saturated rings. The first-order chi connectivity index (χ1) is 18.0. The number of hydrogen-bond donors (Lipinski definition) is 1. The molecule has 0 aliphatic carbocycles. The summed E-state index contributed by atoms with van der Waals surface area (Å²) in [6, 6.07) is 20.1. The van der Waals surface area contributed by atoms with Gasteiger partial charge in [0.2, 0.25) is 5.91 Å². The molecule has 2 aliphatic rings. The molecule has 8 heteroatoms. The van der Waals surface area contributed by atoms with E-state index in [4.69, 9.17) is 16.3 Å². The number of likely N-dealkylation sites (N-methyl/N-ethyl adjacent to an activating group) is 1. The smallest absolute Gasteiger partial charge is 0.227 e. The summed E-state index contributed by atoms with van der Waals surface area (Å²) in [4.78, 5) is 21.2. The molecule has 5 rings (SSSR count). The maximum atomic E-state index is 13.3. The summed E-state index contributed by atoms with van der Waals surface area (Å²) in [5, 5.41) is 0.727. The van der Waals surface area contributed by atoms with Gasteiger partial charge in [-0.05, 0) is 79.5 Å². The molecule has 0 radical (unpaired) electrons. The lowest BCUT2D eigenvalue weighted by molar-refractivity contribution is -0.131. The number of nitrogens with one attached hydrogen (secondary N) is 1. The molecule has 3 aromatic carbocycles. The van der Waals surface area contributed by atoms with Crippen molar-refractivity contribution in [3.63, 3.8) is 0 Å². The predicted octanol–water partition coefficient (Wildman–Crippen LogP) is 5.35. The molecule has 1 amide bonds. The molecule has 2 heterocycles. The Morgan fingerprint density at radius 2 is 1.68 bits per heavy atom. The first-order valence-corrected chi connectivity index (χ1v) is 13.9. The van der Waals surface area contributed by atoms with E-state index >= 15 is 0 Å². The number of methoxy groups -OCH3 is 1. The van der Waals surface area contributed by atoms with E-state index in [9.17, 15) is 4.79 Å². The van der Waals surface area contributed by atoms with Crippen molar-refractivity contribution >= 4 is 40.8 Å². The lowest BCUT2D eigenvalue weighted by Crippen LogP contribution is -2.45. The highest BCUT2D eigenvalue weighted by atomic mass is 35.5. The van der Waals surface area contributed by atoms with E-state index in [-0.39, 0.29) is 5.91 Å². The van der Waals surface area contributed by atoms with Gasteiger partial charge in [0, 0.05) is 71.7 Å². The molecule has 0 aromatic heterocycles. The van der Waals surface area contributed by atoms with Crippen LogP contribution in [0.4, 0.5) is 11.4 Å². The third-order valence-electron chi connectivity index (χ3n) is 7.17. The molecule has 37 heavy (non-hydrogen) atoms. The Morgan fingerprint density at radius 1 is 0.946 bits per heavy atom. The second-order valence-corrected chi connectivity index (χ2v) is 10.9. The maximum absolute atomic E-state index is 13.3. The van der Waals surface area contributed by atoms with E-state index in [2.05, 4.69) is 33.7 Å². The summed E-state index contributed by atoms with van der Waals surface area (Å²) in [6.07, 6.45) is 1.21. The van der Waals surface area contributed by atoms with E-state index in [1.807, 2.05) is 53.4 Å². The molecule has 194 valence electrons. The van der Waals surface area contributed by atoms with Crippen LogP contribution in [-0.4, -0.2) is 62.6 Å². The Kier molecular flexibility index (Phi) is 8.13. The standard InChI is InChI=1S/C29H33ClN4O2S/c1-32-15-17-33(18-16-32)27-11-12-28(36-2)25-13-14-34(20-26(25)27)29(35)19-21-3-7-23(8-4-21)31-37-24-9-5-22(30)6-10-24/h3-12,31H,13-20H2,1-2H3. The minimum Gasteiger partial charge on any atom is -0.496 e. The van der Waals surface area contributed by atoms with Gasteiger partial charge in [0.1, 0.15) is 5.75 Å². The highest BCUT2D eigenvalue weighted by Crippen LogP contribution is 2.36. The number of piperazine rings is 1.